The van der Waals surface area contributed by atoms with Crippen LogP contribution in [0.1, 0.15) is 125 Å². The number of hydrogen-bond donors (Lipinski definition) is 2. The molecule has 0 aliphatic rings. The van der Waals surface area contributed by atoms with Crippen molar-refractivity contribution in [2.45, 2.75) is 109 Å². The molecule has 0 saturated carbocycles. The van der Waals surface area contributed by atoms with Crippen molar-refractivity contribution in [2.75, 3.05) is 19.8 Å². The number of rotatable bonds is 26. The molecule has 0 bridgehead atoms. The fraction of sp³-hybridized carbons (Fsp3) is 0.583. The number of esters is 1. The number of carboxylic acid groups (broad SMARTS) is 1. The number of carboxylic acids is 1. The molecule has 0 amide bonds. The van der Waals surface area contributed by atoms with Crippen molar-refractivity contribution in [3.05, 3.63) is 54.1 Å². The van der Waals surface area contributed by atoms with Gasteiger partial charge in [-0.2, -0.15) is 15.5 Å². The predicted molar refractivity (Wildman–Crippen MR) is 175 cm³/mol. The van der Waals surface area contributed by atoms with Crippen molar-refractivity contribution in [3.63, 3.8) is 0 Å². The molecule has 0 aliphatic carbocycles. The molecule has 0 spiro atoms. The monoisotopic (exact) mass is 629 g/mol. The van der Waals surface area contributed by atoms with E-state index in [1.807, 2.05) is 24.3 Å². The standard InChI is InChI=1S/C36H51N3O6/c37-27-30-18-20-32(21-19-30)38-39-33-22-24-34(25-23-33)44-26-14-10-9-11-15-31(28-40)29-45-36(43)17-13-8-6-4-2-1-3-5-7-12-16-35(41)42/h18-25,31,40H,1-17,26,28-29H2,(H,41,42)/i5D2,7D2,12D2,16D2. The number of aliphatic carboxylic acids is 1. The Morgan fingerprint density at radius 1 is 0.800 bits per heavy atom. The van der Waals surface area contributed by atoms with Gasteiger partial charge in [0.05, 0.1) is 36.2 Å². The van der Waals surface area contributed by atoms with Crippen molar-refractivity contribution < 1.29 is 40.2 Å². The van der Waals surface area contributed by atoms with Gasteiger partial charge in [0.1, 0.15) is 5.75 Å². The average Bonchev–Trinajstić information content (AvgIpc) is 3.12. The lowest BCUT2D eigenvalue weighted by Crippen LogP contribution is -2.17. The molecule has 2 N–H and O–H groups in total. The number of unbranched alkanes of at least 4 members (excludes halogenated alkanes) is 8. The SMILES string of the molecule is [2H]C([2H])(CCCCCCCCC(=O)OCC(CO)CCCCCCOc1ccc(N=Nc2ccc(C#N)cc2)cc1)C([2H])([2H])C([2H])([2H])C([2H])([2H])C(=O)O. The van der Waals surface area contributed by atoms with Crippen LogP contribution >= 0.6 is 0 Å². The predicted octanol–water partition coefficient (Wildman–Crippen LogP) is 9.22. The van der Waals surface area contributed by atoms with Gasteiger partial charge in [-0.15, -0.1) is 0 Å². The zero-order valence-corrected chi connectivity index (χ0v) is 25.9. The van der Waals surface area contributed by atoms with Gasteiger partial charge in [-0.05, 0) is 74.2 Å². The first-order chi connectivity index (χ1) is 25.0. The van der Waals surface area contributed by atoms with Gasteiger partial charge in [-0.3, -0.25) is 9.59 Å². The third-order valence-electron chi connectivity index (χ3n) is 6.88. The molecule has 0 radical (unpaired) electrons. The summed E-state index contributed by atoms with van der Waals surface area (Å²) in [6.07, 6.45) is -5.78. The number of ether oxygens (including phenoxy) is 2. The zero-order valence-electron chi connectivity index (χ0n) is 33.9. The highest BCUT2D eigenvalue weighted by Gasteiger charge is 2.11. The molecule has 0 saturated heterocycles. The van der Waals surface area contributed by atoms with Gasteiger partial charge < -0.3 is 19.7 Å². The summed E-state index contributed by atoms with van der Waals surface area (Å²) < 4.78 is 73.5. The normalized spacial score (nSPS) is 15.6. The Bertz CT molecular complexity index is 1490. The molecule has 2 aromatic rings. The lowest BCUT2D eigenvalue weighted by Gasteiger charge is -2.14. The van der Waals surface area contributed by atoms with E-state index in [0.29, 0.717) is 42.8 Å². The first-order valence-electron chi connectivity index (χ1n) is 19.6. The highest BCUT2D eigenvalue weighted by atomic mass is 16.5. The highest BCUT2D eigenvalue weighted by Crippen LogP contribution is 2.22. The van der Waals surface area contributed by atoms with Crippen molar-refractivity contribution in [2.24, 2.45) is 16.1 Å². The molecular weight excluding hydrogens is 570 g/mol. The van der Waals surface area contributed by atoms with E-state index in [1.165, 1.54) is 0 Å². The molecule has 45 heavy (non-hydrogen) atoms. The fourth-order valence-electron chi connectivity index (χ4n) is 4.30. The van der Waals surface area contributed by atoms with Gasteiger partial charge >= 0.3 is 11.9 Å². The lowest BCUT2D eigenvalue weighted by molar-refractivity contribution is -0.145. The molecule has 2 rings (SSSR count). The Morgan fingerprint density at radius 2 is 1.40 bits per heavy atom. The highest BCUT2D eigenvalue weighted by molar-refractivity contribution is 5.69. The maximum atomic E-state index is 12.2. The topological polar surface area (TPSA) is 142 Å². The Kier molecular flexibility index (Phi) is 14.4. The Labute approximate surface area is 279 Å². The Hall–Kier alpha value is -3.77. The summed E-state index contributed by atoms with van der Waals surface area (Å²) in [5.41, 5.74) is 1.90. The van der Waals surface area contributed by atoms with Crippen LogP contribution in [0.4, 0.5) is 11.4 Å². The molecule has 9 nitrogen and oxygen atoms in total. The summed E-state index contributed by atoms with van der Waals surface area (Å²) in [7, 11) is 0. The third kappa shape index (κ3) is 19.3. The maximum Gasteiger partial charge on any atom is 0.305 e. The average molecular weight is 630 g/mol. The van der Waals surface area contributed by atoms with E-state index in [-0.39, 0.29) is 37.9 Å². The number of carbonyl (C=O) groups is 2. The summed E-state index contributed by atoms with van der Waals surface area (Å²) in [4.78, 5) is 23.3. The van der Waals surface area contributed by atoms with Gasteiger partial charge in [-0.1, -0.05) is 70.5 Å². The van der Waals surface area contributed by atoms with Gasteiger partial charge in [-0.25, -0.2) is 0 Å². The second-order valence-corrected chi connectivity index (χ2v) is 10.6. The van der Waals surface area contributed by atoms with E-state index >= 15 is 0 Å². The number of nitrogens with zero attached hydrogens (tertiary/aromatic N) is 3. The van der Waals surface area contributed by atoms with Crippen LogP contribution in [0, 0.1) is 17.2 Å². The summed E-state index contributed by atoms with van der Waals surface area (Å²) in [5, 5.41) is 35.9. The van der Waals surface area contributed by atoms with Crippen LogP contribution in [0.15, 0.2) is 58.8 Å². The van der Waals surface area contributed by atoms with Gasteiger partial charge in [0.15, 0.2) is 0 Å². The van der Waals surface area contributed by atoms with Gasteiger partial charge in [0.2, 0.25) is 0 Å². The number of carbonyl (C=O) groups excluding carboxylic acids is 1. The number of aliphatic hydroxyl groups excluding tert-OH is 1. The molecule has 1 unspecified atom stereocenters. The van der Waals surface area contributed by atoms with Crippen LogP contribution in [-0.2, 0) is 14.3 Å². The molecule has 246 valence electrons. The van der Waals surface area contributed by atoms with Crippen molar-refractivity contribution in [1.82, 2.24) is 0 Å². The molecule has 1 atom stereocenters. The number of aliphatic hydroxyl groups is 1. The van der Waals surface area contributed by atoms with Crippen LogP contribution < -0.4 is 4.74 Å². The largest absolute Gasteiger partial charge is 0.494 e. The van der Waals surface area contributed by atoms with Gasteiger partial charge in [0, 0.05) is 36.3 Å². The summed E-state index contributed by atoms with van der Waals surface area (Å²) in [6, 6.07) is 16.2. The van der Waals surface area contributed by atoms with Crippen LogP contribution in [-0.4, -0.2) is 42.0 Å². The zero-order chi connectivity index (χ0) is 39.5. The lowest BCUT2D eigenvalue weighted by atomic mass is 10.0. The number of nitriles is 1. The minimum Gasteiger partial charge on any atom is -0.494 e. The molecule has 2 aromatic carbocycles. The van der Waals surface area contributed by atoms with Crippen molar-refractivity contribution in [1.29, 1.82) is 5.26 Å². The molecule has 0 heterocycles. The Morgan fingerprint density at radius 3 is 2.04 bits per heavy atom. The van der Waals surface area contributed by atoms with E-state index in [2.05, 4.69) is 16.3 Å². The van der Waals surface area contributed by atoms with Crippen LogP contribution in [0.25, 0.3) is 0 Å². The minimum atomic E-state index is -3.62. The van der Waals surface area contributed by atoms with E-state index in [0.717, 1.165) is 50.7 Å². The Balaban J connectivity index is 1.52. The van der Waals surface area contributed by atoms with E-state index < -0.39 is 37.9 Å². The summed E-state index contributed by atoms with van der Waals surface area (Å²) >= 11 is 0. The van der Waals surface area contributed by atoms with Gasteiger partial charge in [0.25, 0.3) is 0 Å². The minimum absolute atomic E-state index is 0.0733. The van der Waals surface area contributed by atoms with Crippen LogP contribution in [0.5, 0.6) is 5.75 Å². The van der Waals surface area contributed by atoms with E-state index in [9.17, 15) is 14.7 Å². The molecule has 0 fully saturated rings. The molecule has 9 heteroatoms. The van der Waals surface area contributed by atoms with Crippen LogP contribution in [0.3, 0.4) is 0 Å². The summed E-state index contributed by atoms with van der Waals surface area (Å²) in [5.74, 6) is -1.93. The second-order valence-electron chi connectivity index (χ2n) is 10.6. The van der Waals surface area contributed by atoms with Crippen molar-refractivity contribution >= 4 is 23.3 Å². The first kappa shape index (κ1) is 26.4. The van der Waals surface area contributed by atoms with E-state index in [1.54, 1.807) is 24.3 Å². The second kappa shape index (κ2) is 24.5. The smallest absolute Gasteiger partial charge is 0.305 e. The van der Waals surface area contributed by atoms with E-state index in [4.69, 9.17) is 30.8 Å². The maximum absolute atomic E-state index is 12.2. The number of azo groups is 1. The summed E-state index contributed by atoms with van der Waals surface area (Å²) in [6.45, 7) is 0.652. The molecule has 0 aliphatic heterocycles. The molecular formula is C36H51N3O6. The van der Waals surface area contributed by atoms with Crippen molar-refractivity contribution in [3.8, 4) is 11.8 Å². The third-order valence-corrected chi connectivity index (χ3v) is 6.88. The number of benzene rings is 2. The fourth-order valence-corrected chi connectivity index (χ4v) is 4.30. The first-order valence-corrected chi connectivity index (χ1v) is 15.6. The number of hydrogen-bond acceptors (Lipinski definition) is 8. The molecule has 0 aromatic heterocycles. The van der Waals surface area contributed by atoms with Crippen LogP contribution in [0.2, 0.25) is 0 Å². The quantitative estimate of drug-likeness (QED) is 0.0600.